The van der Waals surface area contributed by atoms with Gasteiger partial charge < -0.3 is 5.32 Å². The number of carbonyl (C=O) groups excluding carboxylic acids is 1. The predicted molar refractivity (Wildman–Crippen MR) is 68.3 cm³/mol. The highest BCUT2D eigenvalue weighted by molar-refractivity contribution is 9.10. The van der Waals surface area contributed by atoms with E-state index in [9.17, 15) is 4.79 Å². The lowest BCUT2D eigenvalue weighted by atomic mass is 9.73. The first-order valence-electron chi connectivity index (χ1n) is 5.64. The van der Waals surface area contributed by atoms with Crippen LogP contribution >= 0.6 is 15.9 Å². The molecule has 16 heavy (non-hydrogen) atoms. The fraction of sp³-hybridized carbons (Fsp3) is 0.462. The molecule has 1 fully saturated rings. The molecule has 1 amide bonds. The zero-order valence-electron chi connectivity index (χ0n) is 9.59. The Morgan fingerprint density at radius 3 is 2.50 bits per heavy atom. The zero-order valence-corrected chi connectivity index (χ0v) is 11.2. The van der Waals surface area contributed by atoms with E-state index in [2.05, 4.69) is 47.2 Å². The van der Waals surface area contributed by atoms with E-state index in [-0.39, 0.29) is 17.4 Å². The van der Waals surface area contributed by atoms with Gasteiger partial charge in [0.2, 0.25) is 5.91 Å². The van der Waals surface area contributed by atoms with Crippen LogP contribution < -0.4 is 5.32 Å². The second kappa shape index (κ2) is 4.21. The van der Waals surface area contributed by atoms with Gasteiger partial charge in [0.15, 0.2) is 0 Å². The fourth-order valence-corrected chi connectivity index (χ4v) is 2.90. The third-order valence-electron chi connectivity index (χ3n) is 3.73. The molecule has 1 saturated heterocycles. The molecule has 0 spiro atoms. The molecule has 1 N–H and O–H groups in total. The summed E-state index contributed by atoms with van der Waals surface area (Å²) >= 11 is 3.44. The largest absolute Gasteiger partial charge is 0.353 e. The highest BCUT2D eigenvalue weighted by Gasteiger charge is 2.44. The van der Waals surface area contributed by atoms with E-state index in [4.69, 9.17) is 0 Å². The summed E-state index contributed by atoms with van der Waals surface area (Å²) in [6, 6.07) is 8.53. The SMILES string of the molecule is CCC1(c2ccc(Br)cc2)CC(=O)NC1C. The second-order valence-corrected chi connectivity index (χ2v) is 5.40. The highest BCUT2D eigenvalue weighted by atomic mass is 79.9. The maximum absolute atomic E-state index is 11.5. The second-order valence-electron chi connectivity index (χ2n) is 4.48. The highest BCUT2D eigenvalue weighted by Crippen LogP contribution is 2.39. The van der Waals surface area contributed by atoms with Crippen LogP contribution in [0.1, 0.15) is 32.3 Å². The number of carbonyl (C=O) groups is 1. The average Bonchev–Trinajstić information content (AvgIpc) is 2.55. The molecule has 2 unspecified atom stereocenters. The van der Waals surface area contributed by atoms with E-state index < -0.39 is 0 Å². The summed E-state index contributed by atoms with van der Waals surface area (Å²) in [7, 11) is 0. The summed E-state index contributed by atoms with van der Waals surface area (Å²) in [5, 5.41) is 3.02. The van der Waals surface area contributed by atoms with Gasteiger partial charge in [-0.2, -0.15) is 0 Å². The van der Waals surface area contributed by atoms with Crippen LogP contribution in [0.25, 0.3) is 0 Å². The van der Waals surface area contributed by atoms with Crippen molar-refractivity contribution in [1.29, 1.82) is 0 Å². The molecular formula is C13H16BrNO. The monoisotopic (exact) mass is 281 g/mol. The van der Waals surface area contributed by atoms with Gasteiger partial charge >= 0.3 is 0 Å². The first-order valence-corrected chi connectivity index (χ1v) is 6.43. The standard InChI is InChI=1S/C13H16BrNO/c1-3-13(8-12(16)15-9(13)2)10-4-6-11(14)7-5-10/h4-7,9H,3,8H2,1-2H3,(H,15,16). The van der Waals surface area contributed by atoms with Crippen molar-refractivity contribution in [3.05, 3.63) is 34.3 Å². The van der Waals surface area contributed by atoms with E-state index in [0.717, 1.165) is 10.9 Å². The van der Waals surface area contributed by atoms with Gasteiger partial charge in [-0.25, -0.2) is 0 Å². The molecule has 1 aliphatic heterocycles. The Bertz CT molecular complexity index is 401. The molecule has 2 atom stereocenters. The van der Waals surface area contributed by atoms with Crippen LogP contribution in [0.4, 0.5) is 0 Å². The van der Waals surface area contributed by atoms with Crippen molar-refractivity contribution in [1.82, 2.24) is 5.32 Å². The van der Waals surface area contributed by atoms with Crippen molar-refractivity contribution in [3.8, 4) is 0 Å². The van der Waals surface area contributed by atoms with E-state index in [1.54, 1.807) is 0 Å². The third kappa shape index (κ3) is 1.77. The Hall–Kier alpha value is -0.830. The predicted octanol–water partition coefficient (Wildman–Crippen LogP) is 3.01. The van der Waals surface area contributed by atoms with Crippen molar-refractivity contribution in [2.24, 2.45) is 0 Å². The molecule has 3 heteroatoms. The van der Waals surface area contributed by atoms with E-state index in [0.29, 0.717) is 6.42 Å². The van der Waals surface area contributed by atoms with Crippen LogP contribution in [0.3, 0.4) is 0 Å². The average molecular weight is 282 g/mol. The molecule has 86 valence electrons. The number of nitrogens with one attached hydrogen (secondary N) is 1. The number of hydrogen-bond acceptors (Lipinski definition) is 1. The van der Waals surface area contributed by atoms with Crippen molar-refractivity contribution in [2.45, 2.75) is 38.1 Å². The molecule has 2 nitrogen and oxygen atoms in total. The molecule has 2 rings (SSSR count). The van der Waals surface area contributed by atoms with Crippen LogP contribution in [-0.2, 0) is 10.2 Å². The molecule has 0 saturated carbocycles. The van der Waals surface area contributed by atoms with Crippen LogP contribution in [0.5, 0.6) is 0 Å². The zero-order chi connectivity index (χ0) is 11.8. The van der Waals surface area contributed by atoms with Gasteiger partial charge in [-0.3, -0.25) is 4.79 Å². The van der Waals surface area contributed by atoms with Crippen LogP contribution in [0.15, 0.2) is 28.7 Å². The molecule has 1 heterocycles. The number of hydrogen-bond donors (Lipinski definition) is 1. The Labute approximate surface area is 105 Å². The summed E-state index contributed by atoms with van der Waals surface area (Å²) in [5.74, 6) is 0.164. The first-order chi connectivity index (χ1) is 7.58. The van der Waals surface area contributed by atoms with Gasteiger partial charge in [0.25, 0.3) is 0 Å². The van der Waals surface area contributed by atoms with Gasteiger partial charge in [0.1, 0.15) is 0 Å². The summed E-state index contributed by atoms with van der Waals surface area (Å²) in [5.41, 5.74) is 1.22. The van der Waals surface area contributed by atoms with Gasteiger partial charge in [0, 0.05) is 22.4 Å². The lowest BCUT2D eigenvalue weighted by Crippen LogP contribution is -2.37. The van der Waals surface area contributed by atoms with Gasteiger partial charge in [-0.1, -0.05) is 35.0 Å². The maximum atomic E-state index is 11.5. The normalized spacial score (nSPS) is 29.2. The van der Waals surface area contributed by atoms with Crippen LogP contribution in [0, 0.1) is 0 Å². The number of benzene rings is 1. The van der Waals surface area contributed by atoms with Crippen LogP contribution in [0.2, 0.25) is 0 Å². The molecule has 0 aliphatic carbocycles. The summed E-state index contributed by atoms with van der Waals surface area (Å²) in [6.45, 7) is 4.25. The molecule has 0 bridgehead atoms. The summed E-state index contributed by atoms with van der Waals surface area (Å²) in [6.07, 6.45) is 1.58. The van der Waals surface area contributed by atoms with E-state index in [1.807, 2.05) is 12.1 Å². The minimum atomic E-state index is -0.0300. The van der Waals surface area contributed by atoms with Gasteiger partial charge in [-0.15, -0.1) is 0 Å². The van der Waals surface area contributed by atoms with Gasteiger partial charge in [0.05, 0.1) is 0 Å². The first kappa shape index (κ1) is 11.6. The smallest absolute Gasteiger partial charge is 0.221 e. The maximum Gasteiger partial charge on any atom is 0.221 e. The Morgan fingerprint density at radius 1 is 1.44 bits per heavy atom. The van der Waals surface area contributed by atoms with Crippen LogP contribution in [-0.4, -0.2) is 11.9 Å². The topological polar surface area (TPSA) is 29.1 Å². The van der Waals surface area contributed by atoms with Crippen molar-refractivity contribution in [2.75, 3.05) is 0 Å². The van der Waals surface area contributed by atoms with Crippen molar-refractivity contribution >= 4 is 21.8 Å². The fourth-order valence-electron chi connectivity index (χ4n) is 2.64. The quantitative estimate of drug-likeness (QED) is 0.887. The lowest BCUT2D eigenvalue weighted by molar-refractivity contribution is -0.119. The van der Waals surface area contributed by atoms with Gasteiger partial charge in [-0.05, 0) is 31.0 Å². The lowest BCUT2D eigenvalue weighted by Gasteiger charge is -2.31. The summed E-state index contributed by atoms with van der Waals surface area (Å²) in [4.78, 5) is 11.5. The molecule has 1 aliphatic rings. The summed E-state index contributed by atoms with van der Waals surface area (Å²) < 4.78 is 1.08. The molecule has 1 aromatic carbocycles. The third-order valence-corrected chi connectivity index (χ3v) is 4.26. The van der Waals surface area contributed by atoms with E-state index >= 15 is 0 Å². The molecule has 0 aromatic heterocycles. The molecule has 1 aromatic rings. The Balaban J connectivity index is 2.42. The molecule has 0 radical (unpaired) electrons. The minimum Gasteiger partial charge on any atom is -0.353 e. The number of amides is 1. The Morgan fingerprint density at radius 2 is 2.06 bits per heavy atom. The van der Waals surface area contributed by atoms with Crippen molar-refractivity contribution < 1.29 is 4.79 Å². The number of halogens is 1. The molecular weight excluding hydrogens is 266 g/mol. The minimum absolute atomic E-state index is 0.0300. The number of rotatable bonds is 2. The van der Waals surface area contributed by atoms with E-state index in [1.165, 1.54) is 5.56 Å². The van der Waals surface area contributed by atoms with Crippen molar-refractivity contribution in [3.63, 3.8) is 0 Å². The Kier molecular flexibility index (Phi) is 3.06.